The molecule has 2 rings (SSSR count). The van der Waals surface area contributed by atoms with Gasteiger partial charge in [-0.3, -0.25) is 10.1 Å². The van der Waals surface area contributed by atoms with Gasteiger partial charge in [0.15, 0.2) is 0 Å². The van der Waals surface area contributed by atoms with Gasteiger partial charge in [0.1, 0.15) is 6.61 Å². The van der Waals surface area contributed by atoms with Crippen molar-refractivity contribution < 1.29 is 14.7 Å². The normalized spacial score (nSPS) is 19.4. The van der Waals surface area contributed by atoms with E-state index in [-0.39, 0.29) is 18.3 Å². The lowest BCUT2D eigenvalue weighted by molar-refractivity contribution is -0.720. The molecule has 8 nitrogen and oxygen atoms in total. The number of non-ortho nitro benzene ring substituents is 1. The standard InChI is InChI=1S/C13H18N4O4/c1-11-4-2-3-9-15(11)17(20)14-21-10-12-5-7-13(8-6-12)16(18)19/h5-8,11H,2-4,9-10H2,1H3/b17-14-. The van der Waals surface area contributed by atoms with Gasteiger partial charge in [-0.15, -0.1) is 5.01 Å². The Labute approximate surface area is 122 Å². The van der Waals surface area contributed by atoms with Crippen LogP contribution < -0.4 is 0 Å². The molecule has 1 aliphatic rings. The number of hydrogen-bond donors (Lipinski definition) is 0. The zero-order valence-corrected chi connectivity index (χ0v) is 11.8. The summed E-state index contributed by atoms with van der Waals surface area (Å²) in [5, 5.41) is 27.5. The second-order valence-electron chi connectivity index (χ2n) is 5.04. The first-order valence-corrected chi connectivity index (χ1v) is 6.88. The SMILES string of the molecule is CC1CCCCN1/[N+]([O-])=N/OCc1ccc([N+](=O)[O-])cc1. The van der Waals surface area contributed by atoms with E-state index in [0.717, 1.165) is 19.3 Å². The minimum Gasteiger partial charge on any atom is -0.569 e. The van der Waals surface area contributed by atoms with Gasteiger partial charge >= 0.3 is 0 Å². The molecule has 1 aliphatic heterocycles. The Morgan fingerprint density at radius 1 is 1.33 bits per heavy atom. The van der Waals surface area contributed by atoms with Gasteiger partial charge in [-0.2, -0.15) is 0 Å². The zero-order chi connectivity index (χ0) is 15.2. The van der Waals surface area contributed by atoms with E-state index in [1.54, 1.807) is 17.1 Å². The Hall–Kier alpha value is -2.38. The summed E-state index contributed by atoms with van der Waals surface area (Å²) < 4.78 is 0. The summed E-state index contributed by atoms with van der Waals surface area (Å²) in [7, 11) is 0. The molecule has 114 valence electrons. The smallest absolute Gasteiger partial charge is 0.269 e. The Morgan fingerprint density at radius 3 is 2.67 bits per heavy atom. The van der Waals surface area contributed by atoms with E-state index >= 15 is 0 Å². The molecule has 0 aromatic heterocycles. The molecule has 1 fully saturated rings. The summed E-state index contributed by atoms with van der Waals surface area (Å²) in [4.78, 5) is 15.6. The Balaban J connectivity index is 1.87. The Morgan fingerprint density at radius 2 is 2.05 bits per heavy atom. The number of nitro benzene ring substituents is 1. The summed E-state index contributed by atoms with van der Waals surface area (Å²) in [6.45, 7) is 2.75. The van der Waals surface area contributed by atoms with Crippen molar-refractivity contribution >= 4 is 5.69 Å². The Kier molecular flexibility index (Phi) is 4.91. The van der Waals surface area contributed by atoms with Crippen LogP contribution in [0.1, 0.15) is 31.7 Å². The predicted molar refractivity (Wildman–Crippen MR) is 74.0 cm³/mol. The van der Waals surface area contributed by atoms with E-state index in [1.807, 2.05) is 6.92 Å². The molecule has 0 radical (unpaired) electrons. The monoisotopic (exact) mass is 294 g/mol. The van der Waals surface area contributed by atoms with Gasteiger partial charge in [0.05, 0.1) is 22.5 Å². The molecule has 1 heterocycles. The first kappa shape index (κ1) is 15.0. The molecule has 0 saturated carbocycles. The number of nitrogens with zero attached hydrogens (tertiary/aromatic N) is 4. The molecule has 1 aromatic carbocycles. The topological polar surface area (TPSA) is 94.0 Å². The number of benzene rings is 1. The van der Waals surface area contributed by atoms with E-state index in [4.69, 9.17) is 4.84 Å². The van der Waals surface area contributed by atoms with Gasteiger partial charge in [-0.05, 0) is 43.9 Å². The maximum Gasteiger partial charge on any atom is 0.269 e. The van der Waals surface area contributed by atoms with Crippen LogP contribution in [0.2, 0.25) is 0 Å². The van der Waals surface area contributed by atoms with Crippen LogP contribution in [0.5, 0.6) is 0 Å². The van der Waals surface area contributed by atoms with Gasteiger partial charge in [0.2, 0.25) is 5.28 Å². The van der Waals surface area contributed by atoms with Crippen LogP contribution in [-0.4, -0.2) is 27.5 Å². The fourth-order valence-electron chi connectivity index (χ4n) is 2.25. The summed E-state index contributed by atoms with van der Waals surface area (Å²) in [5.41, 5.74) is 0.729. The maximum absolute atomic E-state index is 11.8. The average Bonchev–Trinajstić information content (AvgIpc) is 2.48. The molecular weight excluding hydrogens is 276 g/mol. The number of rotatable bonds is 5. The molecule has 0 bridgehead atoms. The quantitative estimate of drug-likeness (QED) is 0.360. The highest BCUT2D eigenvalue weighted by molar-refractivity contribution is 5.32. The summed E-state index contributed by atoms with van der Waals surface area (Å²) in [5.74, 6) is 0. The Bertz CT molecular complexity index is 517. The van der Waals surface area contributed by atoms with E-state index in [2.05, 4.69) is 5.28 Å². The van der Waals surface area contributed by atoms with E-state index in [9.17, 15) is 15.3 Å². The molecule has 1 aromatic rings. The summed E-state index contributed by atoms with van der Waals surface area (Å²) >= 11 is 0. The highest BCUT2D eigenvalue weighted by Gasteiger charge is 2.24. The second-order valence-corrected chi connectivity index (χ2v) is 5.04. The van der Waals surface area contributed by atoms with Crippen LogP contribution in [0.4, 0.5) is 5.69 Å². The van der Waals surface area contributed by atoms with Crippen LogP contribution in [0.3, 0.4) is 0 Å². The van der Waals surface area contributed by atoms with Crippen LogP contribution in [-0.2, 0) is 11.4 Å². The molecule has 21 heavy (non-hydrogen) atoms. The molecule has 0 amide bonds. The third kappa shape index (κ3) is 4.04. The zero-order valence-electron chi connectivity index (χ0n) is 11.8. The fourth-order valence-corrected chi connectivity index (χ4v) is 2.25. The minimum atomic E-state index is -0.466. The first-order chi connectivity index (χ1) is 10.1. The van der Waals surface area contributed by atoms with E-state index < -0.39 is 4.92 Å². The second kappa shape index (κ2) is 6.87. The predicted octanol–water partition coefficient (Wildman–Crippen LogP) is 2.78. The number of hydrazine groups is 1. The van der Waals surface area contributed by atoms with Crippen LogP contribution in [0.15, 0.2) is 29.5 Å². The largest absolute Gasteiger partial charge is 0.569 e. The minimum absolute atomic E-state index is 0.0169. The van der Waals surface area contributed by atoms with Crippen molar-refractivity contribution in [3.05, 3.63) is 45.2 Å². The van der Waals surface area contributed by atoms with Crippen LogP contribution in [0.25, 0.3) is 0 Å². The average molecular weight is 294 g/mol. The van der Waals surface area contributed by atoms with E-state index in [1.165, 1.54) is 12.1 Å². The number of nitro groups is 1. The highest BCUT2D eigenvalue weighted by Crippen LogP contribution is 2.16. The fraction of sp³-hybridized carbons (Fsp3) is 0.538. The molecular formula is C13H18N4O4. The lowest BCUT2D eigenvalue weighted by Gasteiger charge is -2.28. The van der Waals surface area contributed by atoms with Gasteiger partial charge < -0.3 is 10.0 Å². The van der Waals surface area contributed by atoms with Crippen molar-refractivity contribution in [1.29, 1.82) is 0 Å². The molecule has 1 saturated heterocycles. The van der Waals surface area contributed by atoms with Crippen molar-refractivity contribution in [2.24, 2.45) is 5.28 Å². The van der Waals surface area contributed by atoms with Crippen molar-refractivity contribution in [2.75, 3.05) is 6.54 Å². The maximum atomic E-state index is 11.8. The van der Waals surface area contributed by atoms with Crippen molar-refractivity contribution in [1.82, 2.24) is 5.01 Å². The first-order valence-electron chi connectivity index (χ1n) is 6.88. The number of hydrogen-bond acceptors (Lipinski definition) is 5. The van der Waals surface area contributed by atoms with E-state index in [0.29, 0.717) is 17.1 Å². The molecule has 0 spiro atoms. The van der Waals surface area contributed by atoms with Crippen molar-refractivity contribution in [3.8, 4) is 0 Å². The van der Waals surface area contributed by atoms with Gasteiger partial charge in [-0.1, -0.05) is 0 Å². The third-order valence-corrected chi connectivity index (χ3v) is 3.49. The molecule has 8 heteroatoms. The van der Waals surface area contributed by atoms with Crippen LogP contribution >= 0.6 is 0 Å². The molecule has 1 unspecified atom stereocenters. The van der Waals surface area contributed by atoms with Crippen LogP contribution in [0, 0.1) is 15.3 Å². The molecule has 0 N–H and O–H groups in total. The molecule has 1 atom stereocenters. The lowest BCUT2D eigenvalue weighted by Crippen LogP contribution is -2.42. The van der Waals surface area contributed by atoms with Gasteiger partial charge in [0, 0.05) is 12.1 Å². The van der Waals surface area contributed by atoms with Crippen molar-refractivity contribution in [3.63, 3.8) is 0 Å². The highest BCUT2D eigenvalue weighted by atomic mass is 16.7. The summed E-state index contributed by atoms with van der Waals surface area (Å²) in [6.07, 6.45) is 3.06. The third-order valence-electron chi connectivity index (χ3n) is 3.49. The number of piperidine rings is 1. The van der Waals surface area contributed by atoms with Gasteiger partial charge in [-0.25, -0.2) is 0 Å². The molecule has 0 aliphatic carbocycles. The summed E-state index contributed by atoms with van der Waals surface area (Å²) in [6, 6.07) is 6.09. The van der Waals surface area contributed by atoms with Crippen molar-refractivity contribution in [2.45, 2.75) is 38.8 Å². The lowest BCUT2D eigenvalue weighted by atomic mass is 10.1. The van der Waals surface area contributed by atoms with Gasteiger partial charge in [0.25, 0.3) is 5.69 Å².